The van der Waals surface area contributed by atoms with Gasteiger partial charge in [0.25, 0.3) is 0 Å². The third kappa shape index (κ3) is 2.27. The predicted octanol–water partition coefficient (Wildman–Crippen LogP) is 2.68. The molecule has 1 saturated heterocycles. The maximum atomic E-state index is 13.1. The molecule has 27 heavy (non-hydrogen) atoms. The van der Waals surface area contributed by atoms with Crippen molar-refractivity contribution in [3.05, 3.63) is 41.5 Å². The Labute approximate surface area is 158 Å². The zero-order chi connectivity index (χ0) is 19.0. The monoisotopic (exact) mass is 364 g/mol. The highest BCUT2D eigenvalue weighted by Gasteiger charge is 2.67. The molecule has 3 amide bonds. The normalized spacial score (nSPS) is 36.5. The minimum atomic E-state index is -0.800. The Balaban J connectivity index is 1.39. The number of nitrogens with zero attached hydrogens (tertiary/aromatic N) is 1. The van der Waals surface area contributed by atoms with Crippen LogP contribution in [0.1, 0.15) is 24.5 Å². The van der Waals surface area contributed by atoms with Crippen LogP contribution in [0.5, 0.6) is 0 Å². The summed E-state index contributed by atoms with van der Waals surface area (Å²) in [6.07, 6.45) is 5.43. The van der Waals surface area contributed by atoms with E-state index < -0.39 is 6.04 Å². The Bertz CT molecular complexity index is 869. The second-order valence-electron chi connectivity index (χ2n) is 8.68. The van der Waals surface area contributed by atoms with E-state index >= 15 is 0 Å². The van der Waals surface area contributed by atoms with Gasteiger partial charge in [0.05, 0.1) is 11.8 Å². The summed E-state index contributed by atoms with van der Waals surface area (Å²) in [4.78, 5) is 40.3. The lowest BCUT2D eigenvalue weighted by molar-refractivity contribution is -0.146. The van der Waals surface area contributed by atoms with Crippen molar-refractivity contribution in [1.29, 1.82) is 0 Å². The van der Waals surface area contributed by atoms with Gasteiger partial charge in [0.2, 0.25) is 17.7 Å². The highest BCUT2D eigenvalue weighted by Crippen LogP contribution is 2.65. The van der Waals surface area contributed by atoms with Gasteiger partial charge >= 0.3 is 0 Å². The fourth-order valence-electron chi connectivity index (χ4n) is 5.59. The minimum Gasteiger partial charge on any atom is -0.324 e. The van der Waals surface area contributed by atoms with Crippen LogP contribution in [0.25, 0.3) is 0 Å². The summed E-state index contributed by atoms with van der Waals surface area (Å²) in [5, 5.41) is 2.91. The number of allylic oxidation sites excluding steroid dienone is 2. The number of aryl methyl sites for hydroxylation is 2. The molecule has 5 nitrogen and oxygen atoms in total. The van der Waals surface area contributed by atoms with E-state index in [0.717, 1.165) is 23.2 Å². The van der Waals surface area contributed by atoms with Gasteiger partial charge in [-0.15, -0.1) is 0 Å². The Morgan fingerprint density at radius 3 is 2.26 bits per heavy atom. The fourth-order valence-corrected chi connectivity index (χ4v) is 5.59. The molecule has 1 aromatic carbocycles. The highest BCUT2D eigenvalue weighted by molar-refractivity contribution is 6.10. The first kappa shape index (κ1) is 16.7. The minimum absolute atomic E-state index is 0.154. The van der Waals surface area contributed by atoms with Gasteiger partial charge in [0.15, 0.2) is 0 Å². The molecular weight excluding hydrogens is 340 g/mol. The van der Waals surface area contributed by atoms with E-state index in [1.807, 2.05) is 32.0 Å². The van der Waals surface area contributed by atoms with Crippen molar-refractivity contribution in [3.8, 4) is 0 Å². The number of benzene rings is 1. The second-order valence-corrected chi connectivity index (χ2v) is 8.68. The van der Waals surface area contributed by atoms with Crippen LogP contribution in [0, 0.1) is 49.4 Å². The summed E-state index contributed by atoms with van der Waals surface area (Å²) in [5.41, 5.74) is 2.73. The number of carbonyl (C=O) groups is 3. The third-order valence-electron chi connectivity index (χ3n) is 7.11. The summed E-state index contributed by atoms with van der Waals surface area (Å²) in [5.74, 6) is 0.362. The number of likely N-dealkylation sites (tertiary alicyclic amines) is 1. The molecule has 5 aliphatic rings. The van der Waals surface area contributed by atoms with Gasteiger partial charge in [-0.25, -0.2) is 0 Å². The average Bonchev–Trinajstić information content (AvgIpc) is 3.42. The van der Waals surface area contributed by atoms with E-state index in [-0.39, 0.29) is 41.4 Å². The van der Waals surface area contributed by atoms with Crippen LogP contribution in [0.4, 0.5) is 5.69 Å². The number of anilines is 1. The van der Waals surface area contributed by atoms with Crippen LogP contribution in [0.2, 0.25) is 0 Å². The Morgan fingerprint density at radius 2 is 1.67 bits per heavy atom. The molecule has 4 aliphatic carbocycles. The highest BCUT2D eigenvalue weighted by atomic mass is 16.2. The molecule has 5 heteroatoms. The predicted molar refractivity (Wildman–Crippen MR) is 101 cm³/mol. The number of imide groups is 1. The lowest BCUT2D eigenvalue weighted by Gasteiger charge is -2.37. The van der Waals surface area contributed by atoms with Gasteiger partial charge in [0, 0.05) is 5.69 Å². The number of nitrogens with one attached hydrogen (secondary N) is 1. The van der Waals surface area contributed by atoms with Crippen LogP contribution in [-0.4, -0.2) is 28.7 Å². The van der Waals surface area contributed by atoms with E-state index in [9.17, 15) is 14.4 Å². The van der Waals surface area contributed by atoms with Gasteiger partial charge in [-0.05, 0) is 68.1 Å². The first-order chi connectivity index (χ1) is 12.9. The summed E-state index contributed by atoms with van der Waals surface area (Å²) >= 11 is 0. The lowest BCUT2D eigenvalue weighted by Crippen LogP contribution is -2.46. The first-order valence-corrected chi connectivity index (χ1v) is 9.82. The largest absolute Gasteiger partial charge is 0.324 e. The molecule has 1 aliphatic heterocycles. The number of hydrogen-bond donors (Lipinski definition) is 1. The topological polar surface area (TPSA) is 66.5 Å². The molecule has 1 N–H and O–H groups in total. The Kier molecular flexibility index (Phi) is 3.43. The van der Waals surface area contributed by atoms with E-state index in [1.54, 1.807) is 6.92 Å². The van der Waals surface area contributed by atoms with Crippen molar-refractivity contribution in [1.82, 2.24) is 4.90 Å². The number of rotatable bonds is 3. The molecule has 0 aromatic heterocycles. The summed E-state index contributed by atoms with van der Waals surface area (Å²) in [6, 6.07) is 5.05. The molecule has 3 fully saturated rings. The fraction of sp³-hybridized carbons (Fsp3) is 0.500. The third-order valence-corrected chi connectivity index (χ3v) is 7.11. The second kappa shape index (κ2) is 5.54. The molecule has 1 heterocycles. The van der Waals surface area contributed by atoms with Crippen LogP contribution in [0.15, 0.2) is 30.4 Å². The van der Waals surface area contributed by atoms with Crippen molar-refractivity contribution >= 4 is 23.4 Å². The zero-order valence-electron chi connectivity index (χ0n) is 15.8. The molecule has 0 radical (unpaired) electrons. The number of amides is 3. The summed E-state index contributed by atoms with van der Waals surface area (Å²) < 4.78 is 0. The molecule has 2 saturated carbocycles. The molecule has 7 atom stereocenters. The molecule has 1 aromatic rings. The van der Waals surface area contributed by atoms with Crippen molar-refractivity contribution in [2.45, 2.75) is 33.2 Å². The van der Waals surface area contributed by atoms with Gasteiger partial charge in [-0.2, -0.15) is 0 Å². The number of hydrogen-bond acceptors (Lipinski definition) is 3. The maximum absolute atomic E-state index is 13.1. The average molecular weight is 364 g/mol. The molecule has 2 bridgehead atoms. The van der Waals surface area contributed by atoms with Gasteiger partial charge in [-0.1, -0.05) is 24.3 Å². The molecule has 140 valence electrons. The van der Waals surface area contributed by atoms with Crippen molar-refractivity contribution < 1.29 is 14.4 Å². The van der Waals surface area contributed by atoms with Gasteiger partial charge in [0.1, 0.15) is 6.04 Å². The molecular formula is C22H24N2O3. The zero-order valence-corrected chi connectivity index (χ0v) is 15.8. The maximum Gasteiger partial charge on any atom is 0.247 e. The van der Waals surface area contributed by atoms with Gasteiger partial charge in [-0.3, -0.25) is 19.3 Å². The quantitative estimate of drug-likeness (QED) is 0.662. The van der Waals surface area contributed by atoms with Crippen LogP contribution < -0.4 is 5.32 Å². The van der Waals surface area contributed by atoms with E-state index in [0.29, 0.717) is 11.8 Å². The van der Waals surface area contributed by atoms with Gasteiger partial charge < -0.3 is 5.32 Å². The molecule has 0 spiro atoms. The number of carbonyl (C=O) groups excluding carboxylic acids is 3. The molecule has 6 rings (SSSR count). The van der Waals surface area contributed by atoms with Crippen LogP contribution in [-0.2, 0) is 14.4 Å². The standard InChI is InChI=1S/C22H24N2O3/c1-10-4-5-11(2)17(8-10)23-20(25)12(3)24-21(26)18-13-6-7-14(16-9-15(13)16)19(18)22(24)27/h4-8,12-16,18-19H,9H2,1-3H3,(H,23,25)/t12-,13-,14-,15-,16+,18-,19+/m0/s1. The summed E-state index contributed by atoms with van der Waals surface area (Å²) in [6.45, 7) is 5.55. The molecule has 0 unspecified atom stereocenters. The first-order valence-electron chi connectivity index (χ1n) is 9.82. The summed E-state index contributed by atoms with van der Waals surface area (Å²) in [7, 11) is 0. The SMILES string of the molecule is Cc1ccc(C)c(NC(=O)[C@H](C)N2C(=O)[C@@H]3[C@H]4C=C[C@@H]([C@@H]5C[C@H]45)[C@@H]3C2=O)c1. The van der Waals surface area contributed by atoms with Crippen molar-refractivity contribution in [2.24, 2.45) is 35.5 Å². The van der Waals surface area contributed by atoms with Crippen LogP contribution in [0.3, 0.4) is 0 Å². The van der Waals surface area contributed by atoms with Crippen molar-refractivity contribution in [3.63, 3.8) is 0 Å². The Hall–Kier alpha value is -2.43. The Morgan fingerprint density at radius 1 is 1.07 bits per heavy atom. The van der Waals surface area contributed by atoms with Crippen LogP contribution >= 0.6 is 0 Å². The van der Waals surface area contributed by atoms with E-state index in [1.165, 1.54) is 4.90 Å². The smallest absolute Gasteiger partial charge is 0.247 e. The van der Waals surface area contributed by atoms with Crippen molar-refractivity contribution in [2.75, 3.05) is 5.32 Å². The van der Waals surface area contributed by atoms with E-state index in [2.05, 4.69) is 17.5 Å². The van der Waals surface area contributed by atoms with E-state index in [4.69, 9.17) is 0 Å². The lowest BCUT2D eigenvalue weighted by atomic mass is 9.63.